The van der Waals surface area contributed by atoms with Crippen LogP contribution in [0.3, 0.4) is 0 Å². The Labute approximate surface area is 242 Å². The molecular weight excluding hydrogens is 590 g/mol. The Morgan fingerprint density at radius 3 is 1.03 bits per heavy atom. The SMILES string of the molecule is Cc1ccc(-c2ccc(CCCCC[Se][Se]CCCCCc3ccc(-c4ccc(C)cc4)cc3)cc2)cc1. The fraction of sp³-hybridized carbons (Fsp3) is 0.333. The number of benzene rings is 4. The van der Waals surface area contributed by atoms with Gasteiger partial charge in [-0.15, -0.1) is 0 Å². The van der Waals surface area contributed by atoms with Gasteiger partial charge in [0, 0.05) is 0 Å². The molecule has 0 aromatic heterocycles. The zero-order valence-corrected chi connectivity index (χ0v) is 26.6. The third-order valence-electron chi connectivity index (χ3n) is 7.15. The van der Waals surface area contributed by atoms with Crippen molar-refractivity contribution < 1.29 is 0 Å². The zero-order chi connectivity index (χ0) is 26.4. The Kier molecular flexibility index (Phi) is 12.3. The van der Waals surface area contributed by atoms with Gasteiger partial charge < -0.3 is 0 Å². The molecule has 4 aromatic rings. The summed E-state index contributed by atoms with van der Waals surface area (Å²) in [5, 5.41) is 2.99. The summed E-state index contributed by atoms with van der Waals surface area (Å²) in [5.74, 6) is 0. The van der Waals surface area contributed by atoms with Gasteiger partial charge in [0.25, 0.3) is 0 Å². The molecule has 0 nitrogen and oxygen atoms in total. The van der Waals surface area contributed by atoms with Crippen LogP contribution in [0, 0.1) is 13.8 Å². The van der Waals surface area contributed by atoms with Crippen LogP contribution < -0.4 is 0 Å². The van der Waals surface area contributed by atoms with Crippen molar-refractivity contribution in [2.24, 2.45) is 0 Å². The molecule has 4 rings (SSSR count). The number of rotatable bonds is 15. The van der Waals surface area contributed by atoms with Gasteiger partial charge >= 0.3 is 219 Å². The summed E-state index contributed by atoms with van der Waals surface area (Å²) < 4.78 is 0. The van der Waals surface area contributed by atoms with Gasteiger partial charge in [-0.2, -0.15) is 0 Å². The van der Waals surface area contributed by atoms with Crippen LogP contribution in [0.4, 0.5) is 0 Å². The molecule has 0 amide bonds. The van der Waals surface area contributed by atoms with E-state index in [1.807, 2.05) is 0 Å². The second kappa shape index (κ2) is 16.1. The van der Waals surface area contributed by atoms with Crippen LogP contribution in [0.2, 0.25) is 10.6 Å². The van der Waals surface area contributed by atoms with E-state index in [0.717, 1.165) is 26.3 Å². The fourth-order valence-electron chi connectivity index (χ4n) is 4.67. The van der Waals surface area contributed by atoms with Crippen molar-refractivity contribution in [1.29, 1.82) is 0 Å². The predicted molar refractivity (Wildman–Crippen MR) is 169 cm³/mol. The molecule has 38 heavy (non-hydrogen) atoms. The molecule has 0 saturated carbocycles. The Morgan fingerprint density at radius 2 is 0.684 bits per heavy atom. The Hall–Kier alpha value is -2.08. The van der Waals surface area contributed by atoms with Crippen molar-refractivity contribution in [2.45, 2.75) is 75.9 Å². The van der Waals surface area contributed by atoms with Gasteiger partial charge in [-0.25, -0.2) is 0 Å². The number of unbranched alkanes of at least 4 members (excludes halogenated alkanes) is 4. The van der Waals surface area contributed by atoms with E-state index in [0.29, 0.717) is 0 Å². The third kappa shape index (κ3) is 9.90. The molecule has 0 bridgehead atoms. The Bertz CT molecular complexity index is 1090. The van der Waals surface area contributed by atoms with Gasteiger partial charge in [-0.05, 0) is 13.8 Å². The summed E-state index contributed by atoms with van der Waals surface area (Å²) in [6.45, 7) is 4.29. The van der Waals surface area contributed by atoms with Gasteiger partial charge in [0.15, 0.2) is 0 Å². The summed E-state index contributed by atoms with van der Waals surface area (Å²) in [6.07, 6.45) is 10.8. The predicted octanol–water partition coefficient (Wildman–Crippen LogP) is 9.92. The average molecular weight is 633 g/mol. The fourth-order valence-corrected chi connectivity index (χ4v) is 11.7. The molecule has 0 aliphatic rings. The molecule has 198 valence electrons. The first kappa shape index (κ1) is 28.9. The van der Waals surface area contributed by atoms with Crippen LogP contribution >= 0.6 is 0 Å². The van der Waals surface area contributed by atoms with Crippen LogP contribution in [0.5, 0.6) is 0 Å². The van der Waals surface area contributed by atoms with Crippen molar-refractivity contribution in [3.05, 3.63) is 119 Å². The van der Waals surface area contributed by atoms with Crippen molar-refractivity contribution in [3.8, 4) is 22.3 Å². The number of hydrogen-bond acceptors (Lipinski definition) is 0. The Morgan fingerprint density at radius 1 is 0.368 bits per heavy atom. The van der Waals surface area contributed by atoms with E-state index in [-0.39, 0.29) is 0 Å². The minimum absolute atomic E-state index is 0.911. The summed E-state index contributed by atoms with van der Waals surface area (Å²) >= 11 is 1.82. The normalized spacial score (nSPS) is 11.1. The standard InChI is InChI=1S/C36H42Se2/c1-29-11-19-33(20-12-29)35-23-15-31(16-24-35)9-5-3-7-27-37-38-28-8-4-6-10-32-17-25-36(26-18-32)34-21-13-30(2)14-22-34/h11-26H,3-10,27-28H2,1-2H3. The molecule has 0 atom stereocenters. The van der Waals surface area contributed by atoms with E-state index < -0.39 is 0 Å². The molecule has 0 radical (unpaired) electrons. The van der Waals surface area contributed by atoms with Gasteiger partial charge in [-0.1, -0.05) is 11.1 Å². The van der Waals surface area contributed by atoms with Crippen molar-refractivity contribution in [3.63, 3.8) is 0 Å². The molecule has 0 saturated heterocycles. The molecule has 0 heterocycles. The molecule has 0 unspecified atom stereocenters. The molecule has 0 aliphatic carbocycles. The van der Waals surface area contributed by atoms with E-state index >= 15 is 0 Å². The summed E-state index contributed by atoms with van der Waals surface area (Å²) in [5.41, 5.74) is 10.9. The molecule has 0 aliphatic heterocycles. The number of aryl methyl sites for hydroxylation is 4. The number of hydrogen-bond donors (Lipinski definition) is 0. The maximum atomic E-state index is 2.32. The second-order valence-electron chi connectivity index (χ2n) is 10.4. The van der Waals surface area contributed by atoms with E-state index in [2.05, 4.69) is 111 Å². The monoisotopic (exact) mass is 634 g/mol. The molecule has 4 aromatic carbocycles. The molecule has 2 heteroatoms. The van der Waals surface area contributed by atoms with E-state index in [4.69, 9.17) is 0 Å². The summed E-state index contributed by atoms with van der Waals surface area (Å²) in [6, 6.07) is 36.1. The minimum atomic E-state index is 0.911. The molecular formula is C36H42Se2. The van der Waals surface area contributed by atoms with Crippen LogP contribution in [0.1, 0.15) is 60.8 Å². The molecule has 0 spiro atoms. The van der Waals surface area contributed by atoms with Crippen LogP contribution in [0.25, 0.3) is 22.3 Å². The zero-order valence-electron chi connectivity index (χ0n) is 23.1. The molecule has 0 N–H and O–H groups in total. The quantitative estimate of drug-likeness (QED) is 0.0904. The van der Waals surface area contributed by atoms with E-state index in [9.17, 15) is 0 Å². The average Bonchev–Trinajstić information content (AvgIpc) is 2.95. The summed E-state index contributed by atoms with van der Waals surface area (Å²) in [4.78, 5) is 0. The van der Waals surface area contributed by atoms with Crippen molar-refractivity contribution in [2.75, 3.05) is 0 Å². The Balaban J connectivity index is 0.981. The van der Waals surface area contributed by atoms with Gasteiger partial charge in [-0.3, -0.25) is 0 Å². The second-order valence-corrected chi connectivity index (χ2v) is 18.2. The molecule has 0 fully saturated rings. The summed E-state index contributed by atoms with van der Waals surface area (Å²) in [7, 11) is 0. The van der Waals surface area contributed by atoms with Crippen molar-refractivity contribution >= 4 is 26.3 Å². The van der Waals surface area contributed by atoms with E-state index in [1.54, 1.807) is 0 Å². The van der Waals surface area contributed by atoms with Crippen LogP contribution in [-0.4, -0.2) is 26.3 Å². The van der Waals surface area contributed by atoms with Gasteiger partial charge in [0.2, 0.25) is 0 Å². The topological polar surface area (TPSA) is 0 Å². The first-order valence-electron chi connectivity index (χ1n) is 14.2. The first-order valence-corrected chi connectivity index (χ1v) is 21.0. The van der Waals surface area contributed by atoms with Crippen LogP contribution in [-0.2, 0) is 12.8 Å². The first-order chi connectivity index (χ1) is 18.7. The van der Waals surface area contributed by atoms with Gasteiger partial charge in [0.05, 0.1) is 0 Å². The van der Waals surface area contributed by atoms with Crippen molar-refractivity contribution in [1.82, 2.24) is 0 Å². The van der Waals surface area contributed by atoms with Gasteiger partial charge in [0.1, 0.15) is 0 Å². The maximum absolute atomic E-state index is 2.32. The van der Waals surface area contributed by atoms with E-state index in [1.165, 1.54) is 107 Å². The van der Waals surface area contributed by atoms with Crippen LogP contribution in [0.15, 0.2) is 97.1 Å². The third-order valence-corrected chi connectivity index (χ3v) is 14.9.